The summed E-state index contributed by atoms with van der Waals surface area (Å²) in [6.07, 6.45) is 4.18. The molecule has 3 atom stereocenters. The van der Waals surface area contributed by atoms with Crippen LogP contribution in [0.3, 0.4) is 0 Å². The van der Waals surface area contributed by atoms with Crippen molar-refractivity contribution in [1.82, 2.24) is 4.90 Å². The van der Waals surface area contributed by atoms with Gasteiger partial charge in [0.05, 0.1) is 13.0 Å². The maximum Gasteiger partial charge on any atom is 0.307 e. The quantitative estimate of drug-likeness (QED) is 0.705. The summed E-state index contributed by atoms with van der Waals surface area (Å²) in [5.74, 6) is 0.500. The van der Waals surface area contributed by atoms with Crippen LogP contribution in [0.1, 0.15) is 46.5 Å². The van der Waals surface area contributed by atoms with Gasteiger partial charge in [0, 0.05) is 12.1 Å². The van der Waals surface area contributed by atoms with Crippen LogP contribution < -0.4 is 5.73 Å². The van der Waals surface area contributed by atoms with Crippen LogP contribution in [0.15, 0.2) is 0 Å². The van der Waals surface area contributed by atoms with Gasteiger partial charge in [0.1, 0.15) is 0 Å². The molecule has 4 nitrogen and oxygen atoms in total. The van der Waals surface area contributed by atoms with E-state index >= 15 is 0 Å². The van der Waals surface area contributed by atoms with Crippen LogP contribution in [0.5, 0.6) is 0 Å². The molecule has 3 unspecified atom stereocenters. The lowest BCUT2D eigenvalue weighted by Gasteiger charge is -2.36. The van der Waals surface area contributed by atoms with Crippen molar-refractivity contribution in [2.24, 2.45) is 11.7 Å². The summed E-state index contributed by atoms with van der Waals surface area (Å²) in [5.41, 5.74) is 5.85. The largest absolute Gasteiger partial charge is 0.466 e. The minimum Gasteiger partial charge on any atom is -0.466 e. The summed E-state index contributed by atoms with van der Waals surface area (Å²) in [6, 6.07) is 0.788. The SMILES string of the molecule is CCOC(=O)CC(C)N(CC)C1CCCC1CN. The summed E-state index contributed by atoms with van der Waals surface area (Å²) in [5, 5.41) is 0. The number of nitrogens with two attached hydrogens (primary N) is 1. The Morgan fingerprint density at radius 2 is 2.17 bits per heavy atom. The van der Waals surface area contributed by atoms with Crippen molar-refractivity contribution in [2.45, 2.75) is 58.5 Å². The number of esters is 1. The zero-order valence-electron chi connectivity index (χ0n) is 12.0. The number of carbonyl (C=O) groups excluding carboxylic acids is 1. The monoisotopic (exact) mass is 256 g/mol. The summed E-state index contributed by atoms with van der Waals surface area (Å²) < 4.78 is 5.03. The van der Waals surface area contributed by atoms with Crippen LogP contribution >= 0.6 is 0 Å². The first-order chi connectivity index (χ1) is 8.63. The first kappa shape index (κ1) is 15.4. The zero-order chi connectivity index (χ0) is 13.5. The van der Waals surface area contributed by atoms with Gasteiger partial charge in [-0.25, -0.2) is 0 Å². The van der Waals surface area contributed by atoms with E-state index in [0.29, 0.717) is 25.0 Å². The summed E-state index contributed by atoms with van der Waals surface area (Å²) in [6.45, 7) is 8.32. The third-order valence-corrected chi connectivity index (χ3v) is 4.05. The van der Waals surface area contributed by atoms with E-state index in [-0.39, 0.29) is 12.0 Å². The fraction of sp³-hybridized carbons (Fsp3) is 0.929. The Bertz CT molecular complexity index is 258. The molecule has 0 aromatic rings. The van der Waals surface area contributed by atoms with E-state index in [1.54, 1.807) is 0 Å². The third kappa shape index (κ3) is 3.95. The van der Waals surface area contributed by atoms with Gasteiger partial charge in [0.25, 0.3) is 0 Å². The van der Waals surface area contributed by atoms with E-state index < -0.39 is 0 Å². The van der Waals surface area contributed by atoms with Crippen LogP contribution in [0.2, 0.25) is 0 Å². The van der Waals surface area contributed by atoms with Crippen LogP contribution in [0.25, 0.3) is 0 Å². The molecule has 0 aliphatic heterocycles. The second kappa shape index (κ2) is 7.74. The maximum atomic E-state index is 11.6. The van der Waals surface area contributed by atoms with E-state index in [1.165, 1.54) is 19.3 Å². The molecule has 2 N–H and O–H groups in total. The second-order valence-electron chi connectivity index (χ2n) is 5.18. The van der Waals surface area contributed by atoms with E-state index in [0.717, 1.165) is 13.1 Å². The van der Waals surface area contributed by atoms with E-state index in [1.807, 2.05) is 6.92 Å². The Labute approximate surface area is 111 Å². The molecule has 0 bridgehead atoms. The fourth-order valence-corrected chi connectivity index (χ4v) is 3.18. The molecular weight excluding hydrogens is 228 g/mol. The Hall–Kier alpha value is -0.610. The molecule has 0 heterocycles. The number of hydrogen-bond donors (Lipinski definition) is 1. The average molecular weight is 256 g/mol. The number of hydrogen-bond acceptors (Lipinski definition) is 4. The Kier molecular flexibility index (Phi) is 6.65. The molecule has 18 heavy (non-hydrogen) atoms. The topological polar surface area (TPSA) is 55.6 Å². The van der Waals surface area contributed by atoms with E-state index in [2.05, 4.69) is 18.7 Å². The van der Waals surface area contributed by atoms with Crippen molar-refractivity contribution < 1.29 is 9.53 Å². The summed E-state index contributed by atoms with van der Waals surface area (Å²) in [7, 11) is 0. The average Bonchev–Trinajstić information content (AvgIpc) is 2.78. The molecule has 0 saturated heterocycles. The minimum absolute atomic E-state index is 0.0919. The smallest absolute Gasteiger partial charge is 0.307 e. The zero-order valence-corrected chi connectivity index (χ0v) is 12.0. The summed E-state index contributed by atoms with van der Waals surface area (Å²) in [4.78, 5) is 14.0. The molecule has 1 fully saturated rings. The molecule has 0 aromatic heterocycles. The lowest BCUT2D eigenvalue weighted by atomic mass is 10.00. The van der Waals surface area contributed by atoms with Gasteiger partial charge in [-0.2, -0.15) is 0 Å². The predicted molar refractivity (Wildman–Crippen MR) is 73.3 cm³/mol. The van der Waals surface area contributed by atoms with Gasteiger partial charge in [-0.3, -0.25) is 9.69 Å². The fourth-order valence-electron chi connectivity index (χ4n) is 3.18. The molecule has 1 rings (SSSR count). The van der Waals surface area contributed by atoms with E-state index in [4.69, 9.17) is 10.5 Å². The second-order valence-corrected chi connectivity index (χ2v) is 5.18. The van der Waals surface area contributed by atoms with Crippen molar-refractivity contribution in [3.8, 4) is 0 Å². The van der Waals surface area contributed by atoms with Crippen LogP contribution in [0.4, 0.5) is 0 Å². The van der Waals surface area contributed by atoms with Gasteiger partial charge in [0.2, 0.25) is 0 Å². The number of rotatable bonds is 7. The van der Waals surface area contributed by atoms with Crippen molar-refractivity contribution in [2.75, 3.05) is 19.7 Å². The molecule has 1 saturated carbocycles. The van der Waals surface area contributed by atoms with Crippen LogP contribution in [-0.4, -0.2) is 42.6 Å². The molecule has 1 aliphatic rings. The van der Waals surface area contributed by atoms with E-state index in [9.17, 15) is 4.79 Å². The van der Waals surface area contributed by atoms with Gasteiger partial charge in [0.15, 0.2) is 0 Å². The lowest BCUT2D eigenvalue weighted by molar-refractivity contribution is -0.144. The highest BCUT2D eigenvalue weighted by molar-refractivity contribution is 5.70. The van der Waals surface area contributed by atoms with Gasteiger partial charge in [-0.05, 0) is 45.7 Å². The molecule has 4 heteroatoms. The molecule has 0 aromatic carbocycles. The molecule has 1 aliphatic carbocycles. The minimum atomic E-state index is -0.0919. The number of nitrogens with zero attached hydrogens (tertiary/aromatic N) is 1. The van der Waals surface area contributed by atoms with Crippen LogP contribution in [0, 0.1) is 5.92 Å². The molecule has 0 radical (unpaired) electrons. The van der Waals surface area contributed by atoms with Crippen molar-refractivity contribution >= 4 is 5.97 Å². The lowest BCUT2D eigenvalue weighted by Crippen LogP contribution is -2.46. The van der Waals surface area contributed by atoms with Gasteiger partial charge in [-0.15, -0.1) is 0 Å². The molecule has 0 spiro atoms. The molecular formula is C14H28N2O2. The highest BCUT2D eigenvalue weighted by atomic mass is 16.5. The van der Waals surface area contributed by atoms with Crippen molar-refractivity contribution in [3.05, 3.63) is 0 Å². The third-order valence-electron chi connectivity index (χ3n) is 4.05. The first-order valence-electron chi connectivity index (χ1n) is 7.25. The normalized spacial score (nSPS) is 25.4. The van der Waals surface area contributed by atoms with Gasteiger partial charge < -0.3 is 10.5 Å². The van der Waals surface area contributed by atoms with Gasteiger partial charge >= 0.3 is 5.97 Å². The summed E-state index contributed by atoms with van der Waals surface area (Å²) >= 11 is 0. The number of ether oxygens (including phenoxy) is 1. The molecule has 0 amide bonds. The highest BCUT2D eigenvalue weighted by Crippen LogP contribution is 2.30. The van der Waals surface area contributed by atoms with Crippen molar-refractivity contribution in [1.29, 1.82) is 0 Å². The Morgan fingerprint density at radius 3 is 2.72 bits per heavy atom. The maximum absolute atomic E-state index is 11.6. The number of carbonyl (C=O) groups is 1. The standard InChI is InChI=1S/C14H28N2O2/c1-4-16(11(3)9-14(17)18-5-2)13-8-6-7-12(13)10-15/h11-13H,4-10,15H2,1-3H3. The Balaban J connectivity index is 2.56. The highest BCUT2D eigenvalue weighted by Gasteiger charge is 2.33. The molecule has 106 valence electrons. The van der Waals surface area contributed by atoms with Crippen molar-refractivity contribution in [3.63, 3.8) is 0 Å². The van der Waals surface area contributed by atoms with Gasteiger partial charge in [-0.1, -0.05) is 13.3 Å². The Morgan fingerprint density at radius 1 is 1.44 bits per heavy atom. The predicted octanol–water partition coefficient (Wildman–Crippen LogP) is 1.78. The van der Waals surface area contributed by atoms with Crippen LogP contribution in [-0.2, 0) is 9.53 Å². The first-order valence-corrected chi connectivity index (χ1v) is 7.25.